The summed E-state index contributed by atoms with van der Waals surface area (Å²) in [5.74, 6) is 0.408. The number of likely N-dealkylation sites (tertiary alicyclic amines) is 1. The van der Waals surface area contributed by atoms with Gasteiger partial charge < -0.3 is 10.6 Å². The average molecular weight is 260 g/mol. The number of aryl methyl sites for hydroxylation is 1. The summed E-state index contributed by atoms with van der Waals surface area (Å²) in [7, 11) is 0. The fourth-order valence-electron chi connectivity index (χ4n) is 2.74. The van der Waals surface area contributed by atoms with Gasteiger partial charge in [-0.05, 0) is 38.3 Å². The maximum atomic E-state index is 12.3. The summed E-state index contributed by atoms with van der Waals surface area (Å²) in [5, 5.41) is 0. The van der Waals surface area contributed by atoms with Crippen LogP contribution in [0.3, 0.4) is 0 Å². The van der Waals surface area contributed by atoms with E-state index in [-0.39, 0.29) is 11.8 Å². The van der Waals surface area contributed by atoms with Gasteiger partial charge >= 0.3 is 0 Å². The van der Waals surface area contributed by atoms with Crippen molar-refractivity contribution < 1.29 is 4.79 Å². The van der Waals surface area contributed by atoms with Crippen LogP contribution >= 0.6 is 0 Å². The Bertz CT molecular complexity index is 425. The van der Waals surface area contributed by atoms with E-state index >= 15 is 0 Å². The molecule has 19 heavy (non-hydrogen) atoms. The third-order valence-electron chi connectivity index (χ3n) is 3.93. The molecule has 1 saturated heterocycles. The van der Waals surface area contributed by atoms with E-state index in [9.17, 15) is 4.79 Å². The molecule has 1 aliphatic rings. The van der Waals surface area contributed by atoms with Crippen LogP contribution in [0.1, 0.15) is 42.7 Å². The number of piperidine rings is 1. The number of rotatable bonds is 4. The van der Waals surface area contributed by atoms with E-state index in [1.54, 1.807) is 0 Å². The lowest BCUT2D eigenvalue weighted by molar-refractivity contribution is -0.132. The van der Waals surface area contributed by atoms with Crippen molar-refractivity contribution in [3.63, 3.8) is 0 Å². The van der Waals surface area contributed by atoms with E-state index in [1.165, 1.54) is 17.5 Å². The van der Waals surface area contributed by atoms with Gasteiger partial charge in [0.1, 0.15) is 0 Å². The van der Waals surface area contributed by atoms with Crippen molar-refractivity contribution in [3.05, 3.63) is 35.4 Å². The summed E-state index contributed by atoms with van der Waals surface area (Å²) >= 11 is 0. The monoisotopic (exact) mass is 260 g/mol. The van der Waals surface area contributed by atoms with Crippen molar-refractivity contribution >= 4 is 5.91 Å². The summed E-state index contributed by atoms with van der Waals surface area (Å²) in [6.07, 6.45) is 4.08. The Morgan fingerprint density at radius 3 is 2.68 bits per heavy atom. The molecule has 0 bridgehead atoms. The quantitative estimate of drug-likeness (QED) is 0.904. The minimum Gasteiger partial charge on any atom is -0.343 e. The van der Waals surface area contributed by atoms with Gasteiger partial charge in [0.2, 0.25) is 5.91 Å². The van der Waals surface area contributed by atoms with Gasteiger partial charge in [-0.25, -0.2) is 0 Å². The highest BCUT2D eigenvalue weighted by Gasteiger charge is 2.21. The summed E-state index contributed by atoms with van der Waals surface area (Å²) in [4.78, 5) is 14.3. The molecule has 0 aromatic heterocycles. The molecule has 2 rings (SSSR count). The number of benzene rings is 1. The minimum atomic E-state index is 0.148. The van der Waals surface area contributed by atoms with E-state index in [0.29, 0.717) is 13.0 Å². The lowest BCUT2D eigenvalue weighted by Gasteiger charge is -2.28. The SMILES string of the molecule is Cc1cccc(C(CN)CC(=O)N2CCCCC2)c1. The van der Waals surface area contributed by atoms with Crippen molar-refractivity contribution in [1.82, 2.24) is 4.90 Å². The fourth-order valence-corrected chi connectivity index (χ4v) is 2.74. The smallest absolute Gasteiger partial charge is 0.223 e. The lowest BCUT2D eigenvalue weighted by Crippen LogP contribution is -2.37. The zero-order valence-corrected chi connectivity index (χ0v) is 11.8. The normalized spacial score (nSPS) is 17.3. The zero-order chi connectivity index (χ0) is 13.7. The highest BCUT2D eigenvalue weighted by Crippen LogP contribution is 2.21. The Kier molecular flexibility index (Phi) is 4.97. The molecule has 1 atom stereocenters. The molecule has 1 amide bonds. The van der Waals surface area contributed by atoms with Crippen LogP contribution in [-0.2, 0) is 4.79 Å². The summed E-state index contributed by atoms with van der Waals surface area (Å²) in [5.41, 5.74) is 8.27. The summed E-state index contributed by atoms with van der Waals surface area (Å²) < 4.78 is 0. The van der Waals surface area contributed by atoms with Crippen LogP contribution in [0.2, 0.25) is 0 Å². The molecule has 0 aliphatic carbocycles. The minimum absolute atomic E-state index is 0.148. The average Bonchev–Trinajstić information content (AvgIpc) is 2.45. The van der Waals surface area contributed by atoms with E-state index in [1.807, 2.05) is 11.0 Å². The second-order valence-electron chi connectivity index (χ2n) is 5.49. The van der Waals surface area contributed by atoms with Gasteiger partial charge in [0.25, 0.3) is 0 Å². The van der Waals surface area contributed by atoms with Gasteiger partial charge in [0, 0.05) is 25.4 Å². The second-order valence-corrected chi connectivity index (χ2v) is 5.49. The van der Waals surface area contributed by atoms with Crippen LogP contribution in [-0.4, -0.2) is 30.4 Å². The van der Waals surface area contributed by atoms with Crippen molar-refractivity contribution in [2.75, 3.05) is 19.6 Å². The fraction of sp³-hybridized carbons (Fsp3) is 0.562. The van der Waals surface area contributed by atoms with Crippen LogP contribution < -0.4 is 5.73 Å². The largest absolute Gasteiger partial charge is 0.343 e. The third-order valence-corrected chi connectivity index (χ3v) is 3.93. The Morgan fingerprint density at radius 2 is 2.05 bits per heavy atom. The molecule has 2 N–H and O–H groups in total. The van der Waals surface area contributed by atoms with Crippen LogP contribution in [0.15, 0.2) is 24.3 Å². The van der Waals surface area contributed by atoms with Gasteiger partial charge in [-0.3, -0.25) is 4.79 Å². The molecule has 104 valence electrons. The van der Waals surface area contributed by atoms with Crippen molar-refractivity contribution in [2.45, 2.75) is 38.5 Å². The third kappa shape index (κ3) is 3.80. The van der Waals surface area contributed by atoms with Crippen LogP contribution in [0.25, 0.3) is 0 Å². The highest BCUT2D eigenvalue weighted by atomic mass is 16.2. The van der Waals surface area contributed by atoms with Crippen molar-refractivity contribution in [2.24, 2.45) is 5.73 Å². The number of amides is 1. The first-order valence-corrected chi connectivity index (χ1v) is 7.25. The molecule has 0 radical (unpaired) electrons. The summed E-state index contributed by atoms with van der Waals surface area (Å²) in [6, 6.07) is 8.33. The standard InChI is InChI=1S/C16H24N2O/c1-13-6-5-7-14(10-13)15(12-17)11-16(19)18-8-3-2-4-9-18/h5-7,10,15H,2-4,8-9,11-12,17H2,1H3. The first kappa shape index (κ1) is 14.1. The first-order valence-electron chi connectivity index (χ1n) is 7.25. The molecular weight excluding hydrogens is 236 g/mol. The highest BCUT2D eigenvalue weighted by molar-refractivity contribution is 5.77. The number of hydrogen-bond donors (Lipinski definition) is 1. The molecule has 1 aliphatic heterocycles. The Balaban J connectivity index is 2.00. The van der Waals surface area contributed by atoms with Gasteiger partial charge in [-0.2, -0.15) is 0 Å². The second kappa shape index (κ2) is 6.71. The molecule has 0 saturated carbocycles. The summed E-state index contributed by atoms with van der Waals surface area (Å²) in [6.45, 7) is 4.44. The topological polar surface area (TPSA) is 46.3 Å². The van der Waals surface area contributed by atoms with Crippen LogP contribution in [0.4, 0.5) is 0 Å². The van der Waals surface area contributed by atoms with E-state index < -0.39 is 0 Å². The number of hydrogen-bond acceptors (Lipinski definition) is 2. The molecule has 1 unspecified atom stereocenters. The van der Waals surface area contributed by atoms with Gasteiger partial charge in [0.15, 0.2) is 0 Å². The number of nitrogens with zero attached hydrogens (tertiary/aromatic N) is 1. The molecule has 1 aromatic rings. The predicted octanol–water partition coefficient (Wildman–Crippen LogP) is 2.44. The van der Waals surface area contributed by atoms with Gasteiger partial charge in [-0.15, -0.1) is 0 Å². The molecule has 3 nitrogen and oxygen atoms in total. The number of nitrogens with two attached hydrogens (primary N) is 1. The molecule has 1 heterocycles. The van der Waals surface area contributed by atoms with Gasteiger partial charge in [-0.1, -0.05) is 29.8 Å². The van der Waals surface area contributed by atoms with Crippen LogP contribution in [0, 0.1) is 6.92 Å². The van der Waals surface area contributed by atoms with E-state index in [0.717, 1.165) is 25.9 Å². The van der Waals surface area contributed by atoms with Crippen LogP contribution in [0.5, 0.6) is 0 Å². The molecular formula is C16H24N2O. The lowest BCUT2D eigenvalue weighted by atomic mass is 9.93. The Hall–Kier alpha value is -1.35. The molecule has 1 fully saturated rings. The predicted molar refractivity (Wildman–Crippen MR) is 78.0 cm³/mol. The first-order chi connectivity index (χ1) is 9.20. The van der Waals surface area contributed by atoms with E-state index in [4.69, 9.17) is 5.73 Å². The van der Waals surface area contributed by atoms with Crippen molar-refractivity contribution in [3.8, 4) is 0 Å². The molecule has 1 aromatic carbocycles. The van der Waals surface area contributed by atoms with E-state index in [2.05, 4.69) is 25.1 Å². The maximum absolute atomic E-state index is 12.3. The van der Waals surface area contributed by atoms with Gasteiger partial charge in [0.05, 0.1) is 0 Å². The Morgan fingerprint density at radius 1 is 1.32 bits per heavy atom. The number of carbonyl (C=O) groups excluding carboxylic acids is 1. The Labute approximate surface area is 115 Å². The molecule has 3 heteroatoms. The maximum Gasteiger partial charge on any atom is 0.223 e. The molecule has 0 spiro atoms. The van der Waals surface area contributed by atoms with Crippen molar-refractivity contribution in [1.29, 1.82) is 0 Å². The number of carbonyl (C=O) groups is 1. The zero-order valence-electron chi connectivity index (χ0n) is 11.8.